The molecule has 1 aliphatic heterocycles. The summed E-state index contributed by atoms with van der Waals surface area (Å²) < 4.78 is 5.32. The molecular formula is C28H51NO7. The molecule has 1 rings (SSSR count). The fraction of sp³-hybridized carbons (Fsp3) is 0.857. The van der Waals surface area contributed by atoms with Gasteiger partial charge in [0.1, 0.15) is 5.60 Å². The van der Waals surface area contributed by atoms with Crippen LogP contribution in [0.2, 0.25) is 0 Å². The van der Waals surface area contributed by atoms with E-state index in [9.17, 15) is 19.2 Å². The van der Waals surface area contributed by atoms with E-state index in [2.05, 4.69) is 0 Å². The molecule has 0 aromatic rings. The first kappa shape index (κ1) is 34.0. The Labute approximate surface area is 218 Å². The van der Waals surface area contributed by atoms with Crippen molar-refractivity contribution in [1.29, 1.82) is 0 Å². The van der Waals surface area contributed by atoms with Gasteiger partial charge in [-0.1, -0.05) is 89.9 Å². The van der Waals surface area contributed by atoms with Crippen molar-refractivity contribution >= 4 is 23.8 Å². The van der Waals surface area contributed by atoms with Gasteiger partial charge in [0.25, 0.3) is 11.8 Å². The van der Waals surface area contributed by atoms with Crippen LogP contribution in [0.4, 0.5) is 0 Å². The van der Waals surface area contributed by atoms with E-state index >= 15 is 0 Å². The molecule has 1 fully saturated rings. The first-order valence-corrected chi connectivity index (χ1v) is 14.0. The van der Waals surface area contributed by atoms with Gasteiger partial charge in [0, 0.05) is 25.7 Å². The van der Waals surface area contributed by atoms with Crippen LogP contribution < -0.4 is 0 Å². The summed E-state index contributed by atoms with van der Waals surface area (Å²) in [6, 6.07) is 0. The molecule has 0 bridgehead atoms. The van der Waals surface area contributed by atoms with Crippen LogP contribution in [0.1, 0.15) is 149 Å². The molecule has 0 saturated carbocycles. The highest BCUT2D eigenvalue weighted by molar-refractivity contribution is 6.00. The number of hydrogen-bond acceptors (Lipinski definition) is 6. The smallest absolute Gasteiger partial charge is 0.306 e. The van der Waals surface area contributed by atoms with Crippen molar-refractivity contribution in [2.75, 3.05) is 0 Å². The quantitative estimate of drug-likeness (QED) is 0.0828. The van der Waals surface area contributed by atoms with E-state index in [1.54, 1.807) is 0 Å². The first-order chi connectivity index (χ1) is 17.0. The van der Waals surface area contributed by atoms with Gasteiger partial charge in [0.15, 0.2) is 0 Å². The molecular weight excluding hydrogens is 462 g/mol. The molecule has 1 saturated heterocycles. The number of esters is 1. The van der Waals surface area contributed by atoms with Gasteiger partial charge in [0.05, 0.1) is 0 Å². The molecule has 0 aromatic heterocycles. The third-order valence-corrected chi connectivity index (χ3v) is 5.97. The minimum atomic E-state index is -0.668. The monoisotopic (exact) mass is 513 g/mol. The van der Waals surface area contributed by atoms with Crippen LogP contribution in [0.15, 0.2) is 0 Å². The summed E-state index contributed by atoms with van der Waals surface area (Å²) >= 11 is 0. The fourth-order valence-electron chi connectivity index (χ4n) is 3.98. The van der Waals surface area contributed by atoms with Gasteiger partial charge in [-0.2, -0.15) is 5.06 Å². The average Bonchev–Trinajstić information content (AvgIpc) is 3.08. The second-order valence-corrected chi connectivity index (χ2v) is 10.7. The highest BCUT2D eigenvalue weighted by Gasteiger charge is 2.26. The molecule has 2 N–H and O–H groups in total. The Hall–Kier alpha value is -1.96. The largest absolute Gasteiger partial charge is 0.481 e. The SMILES string of the molecule is CC(C)(C)OC(=O)CCCCCCCCCCCCCCCCCCC(=O)O.O=C1CCC(=O)N1O. The molecule has 0 unspecified atom stereocenters. The van der Waals surface area contributed by atoms with Crippen molar-refractivity contribution in [3.8, 4) is 0 Å². The molecule has 0 aromatic carbocycles. The molecule has 1 heterocycles. The van der Waals surface area contributed by atoms with Crippen LogP contribution in [-0.4, -0.2) is 44.7 Å². The first-order valence-electron chi connectivity index (χ1n) is 14.0. The van der Waals surface area contributed by atoms with E-state index in [0.29, 0.717) is 12.8 Å². The summed E-state index contributed by atoms with van der Waals surface area (Å²) in [5.41, 5.74) is -0.361. The maximum atomic E-state index is 11.6. The van der Waals surface area contributed by atoms with Gasteiger partial charge in [-0.3, -0.25) is 24.4 Å². The van der Waals surface area contributed by atoms with Crippen molar-refractivity contribution in [3.63, 3.8) is 0 Å². The van der Waals surface area contributed by atoms with E-state index < -0.39 is 17.8 Å². The van der Waals surface area contributed by atoms with Crippen molar-refractivity contribution in [2.24, 2.45) is 0 Å². The highest BCUT2D eigenvalue weighted by atomic mass is 16.6. The molecule has 210 valence electrons. The number of carboxylic acid groups (broad SMARTS) is 1. The lowest BCUT2D eigenvalue weighted by Crippen LogP contribution is -2.24. The normalized spacial score (nSPS) is 13.5. The number of amides is 2. The third kappa shape index (κ3) is 22.5. The Balaban J connectivity index is 0.00000128. The van der Waals surface area contributed by atoms with E-state index in [4.69, 9.17) is 15.1 Å². The summed E-state index contributed by atoms with van der Waals surface area (Å²) in [7, 11) is 0. The number of imide groups is 1. The zero-order valence-electron chi connectivity index (χ0n) is 23.0. The molecule has 2 amide bonds. The average molecular weight is 514 g/mol. The Morgan fingerprint density at radius 1 is 0.667 bits per heavy atom. The van der Waals surface area contributed by atoms with Crippen LogP contribution in [-0.2, 0) is 23.9 Å². The topological polar surface area (TPSA) is 121 Å². The zero-order valence-corrected chi connectivity index (χ0v) is 23.0. The number of hydroxylamine groups is 2. The molecule has 0 radical (unpaired) electrons. The molecule has 8 heteroatoms. The summed E-state index contributed by atoms with van der Waals surface area (Å²) in [6.07, 6.45) is 20.8. The van der Waals surface area contributed by atoms with Crippen molar-refractivity contribution in [1.82, 2.24) is 5.06 Å². The van der Waals surface area contributed by atoms with Crippen molar-refractivity contribution < 1.29 is 34.2 Å². The molecule has 0 aliphatic carbocycles. The van der Waals surface area contributed by atoms with E-state index in [1.807, 2.05) is 20.8 Å². The van der Waals surface area contributed by atoms with Gasteiger partial charge in [-0.05, 0) is 33.6 Å². The number of carbonyl (C=O) groups excluding carboxylic acids is 3. The number of unbranched alkanes of at least 4 members (excludes halogenated alkanes) is 15. The minimum Gasteiger partial charge on any atom is -0.481 e. The van der Waals surface area contributed by atoms with Crippen LogP contribution in [0, 0.1) is 0 Å². The van der Waals surface area contributed by atoms with Crippen LogP contribution >= 0.6 is 0 Å². The molecule has 0 atom stereocenters. The van der Waals surface area contributed by atoms with Gasteiger partial charge >= 0.3 is 11.9 Å². The third-order valence-electron chi connectivity index (χ3n) is 5.97. The summed E-state index contributed by atoms with van der Waals surface area (Å²) in [6.45, 7) is 5.75. The van der Waals surface area contributed by atoms with Crippen molar-refractivity contribution in [3.05, 3.63) is 0 Å². The van der Waals surface area contributed by atoms with Gasteiger partial charge in [-0.25, -0.2) is 0 Å². The molecule has 1 aliphatic rings. The second kappa shape index (κ2) is 21.2. The number of aliphatic carboxylic acids is 1. The predicted octanol–water partition coefficient (Wildman–Crippen LogP) is 6.96. The fourth-order valence-corrected chi connectivity index (χ4v) is 3.98. The highest BCUT2D eigenvalue weighted by Crippen LogP contribution is 2.15. The van der Waals surface area contributed by atoms with Crippen molar-refractivity contribution in [2.45, 2.75) is 155 Å². The maximum absolute atomic E-state index is 11.6. The minimum absolute atomic E-state index is 0.0642. The Kier molecular flexibility index (Phi) is 20.0. The lowest BCUT2D eigenvalue weighted by atomic mass is 10.0. The number of ether oxygens (including phenoxy) is 1. The molecule has 36 heavy (non-hydrogen) atoms. The molecule has 8 nitrogen and oxygen atoms in total. The number of nitrogens with zero attached hydrogens (tertiary/aromatic N) is 1. The van der Waals surface area contributed by atoms with Crippen LogP contribution in [0.5, 0.6) is 0 Å². The number of hydrogen-bond donors (Lipinski definition) is 2. The summed E-state index contributed by atoms with van der Waals surface area (Å²) in [5.74, 6) is -1.74. The standard InChI is InChI=1S/C24H46O4.C4H5NO3/c1-24(2,3)28-23(27)21-19-17-15-13-11-9-7-5-4-6-8-10-12-14-16-18-20-22(25)26;6-3-1-2-4(7)5(3)8/h4-21H2,1-3H3,(H,25,26);8H,1-2H2. The Morgan fingerprint density at radius 3 is 1.22 bits per heavy atom. The number of rotatable bonds is 19. The lowest BCUT2D eigenvalue weighted by molar-refractivity contribution is -0.171. The van der Waals surface area contributed by atoms with E-state index in [0.717, 1.165) is 25.7 Å². The predicted molar refractivity (Wildman–Crippen MR) is 139 cm³/mol. The lowest BCUT2D eigenvalue weighted by Gasteiger charge is -2.19. The summed E-state index contributed by atoms with van der Waals surface area (Å²) in [5, 5.41) is 17.1. The van der Waals surface area contributed by atoms with Gasteiger partial charge in [0.2, 0.25) is 0 Å². The zero-order chi connectivity index (χ0) is 27.2. The molecule has 0 spiro atoms. The van der Waals surface area contributed by atoms with E-state index in [1.165, 1.54) is 77.0 Å². The second-order valence-electron chi connectivity index (χ2n) is 10.7. The van der Waals surface area contributed by atoms with Crippen LogP contribution in [0.25, 0.3) is 0 Å². The Bertz CT molecular complexity index is 612. The van der Waals surface area contributed by atoms with Gasteiger partial charge < -0.3 is 9.84 Å². The number of carboxylic acids is 1. The maximum Gasteiger partial charge on any atom is 0.306 e. The van der Waals surface area contributed by atoms with E-state index in [-0.39, 0.29) is 29.5 Å². The number of carbonyl (C=O) groups is 4. The van der Waals surface area contributed by atoms with Gasteiger partial charge in [-0.15, -0.1) is 0 Å². The Morgan fingerprint density at radius 2 is 0.972 bits per heavy atom. The summed E-state index contributed by atoms with van der Waals surface area (Å²) in [4.78, 5) is 42.5. The van der Waals surface area contributed by atoms with Crippen LogP contribution in [0.3, 0.4) is 0 Å².